The second-order valence-corrected chi connectivity index (χ2v) is 10.2. The summed E-state index contributed by atoms with van der Waals surface area (Å²) in [5, 5.41) is 0.109. The quantitative estimate of drug-likeness (QED) is 0.813. The van der Waals surface area contributed by atoms with E-state index < -0.39 is 36.6 Å². The molecule has 0 amide bonds. The van der Waals surface area contributed by atoms with E-state index in [9.17, 15) is 21.2 Å². The molecule has 1 unspecified atom stereocenters. The first-order valence-electron chi connectivity index (χ1n) is 6.90. The topological polar surface area (TPSA) is 71.5 Å². The molecule has 5 nitrogen and oxygen atoms in total. The molecule has 122 valence electrons. The van der Waals surface area contributed by atoms with E-state index in [1.807, 2.05) is 0 Å². The van der Waals surface area contributed by atoms with Gasteiger partial charge < -0.3 is 0 Å². The summed E-state index contributed by atoms with van der Waals surface area (Å²) in [7, 11) is -7.31. The SMILES string of the molecule is O=S1(=O)CCC(N(C2CC2)S(=O)(=O)c2ccc(Cl)cc2F)C1. The number of sulfonamides is 1. The van der Waals surface area contributed by atoms with E-state index in [1.54, 1.807) is 0 Å². The van der Waals surface area contributed by atoms with E-state index in [1.165, 1.54) is 10.4 Å². The highest BCUT2D eigenvalue weighted by Gasteiger charge is 2.46. The van der Waals surface area contributed by atoms with Crippen molar-refractivity contribution < 1.29 is 21.2 Å². The van der Waals surface area contributed by atoms with Crippen LogP contribution in [0, 0.1) is 5.82 Å². The standard InChI is InChI=1S/C13H15ClFNO4S2/c14-9-1-4-13(12(15)7-9)22(19,20)16(10-2-3-10)11-5-6-21(17,18)8-11/h1,4,7,10-11H,2-3,5-6,8H2. The van der Waals surface area contributed by atoms with Gasteiger partial charge in [-0.05, 0) is 37.5 Å². The summed E-state index contributed by atoms with van der Waals surface area (Å²) in [6, 6.07) is 2.54. The van der Waals surface area contributed by atoms with Gasteiger partial charge in [0.1, 0.15) is 10.7 Å². The molecule has 1 aromatic rings. The Bertz CT molecular complexity index is 805. The van der Waals surface area contributed by atoms with Crippen LogP contribution in [0.1, 0.15) is 19.3 Å². The molecule has 0 N–H and O–H groups in total. The lowest BCUT2D eigenvalue weighted by Crippen LogP contribution is -2.42. The minimum Gasteiger partial charge on any atom is -0.229 e. The van der Waals surface area contributed by atoms with Gasteiger partial charge in [-0.25, -0.2) is 21.2 Å². The minimum atomic E-state index is -4.08. The molecule has 3 rings (SSSR count). The molecule has 1 atom stereocenters. The van der Waals surface area contributed by atoms with Crippen LogP contribution >= 0.6 is 11.6 Å². The van der Waals surface area contributed by atoms with E-state index in [0.29, 0.717) is 12.8 Å². The Morgan fingerprint density at radius 2 is 1.86 bits per heavy atom. The predicted molar refractivity (Wildman–Crippen MR) is 80.5 cm³/mol. The lowest BCUT2D eigenvalue weighted by molar-refractivity contribution is 0.331. The van der Waals surface area contributed by atoms with Crippen LogP contribution in [0.5, 0.6) is 0 Å². The Morgan fingerprint density at radius 1 is 1.18 bits per heavy atom. The normalized spacial score (nSPS) is 24.8. The molecule has 1 saturated carbocycles. The monoisotopic (exact) mass is 367 g/mol. The summed E-state index contributed by atoms with van der Waals surface area (Å²) in [5.41, 5.74) is 0. The molecule has 0 radical (unpaired) electrons. The van der Waals surface area contributed by atoms with Crippen LogP contribution in [0.15, 0.2) is 23.1 Å². The molecule has 1 aliphatic carbocycles. The average Bonchev–Trinajstić information content (AvgIpc) is 3.13. The van der Waals surface area contributed by atoms with Gasteiger partial charge in [0, 0.05) is 17.1 Å². The first-order valence-corrected chi connectivity index (χ1v) is 10.5. The third kappa shape index (κ3) is 3.02. The number of sulfone groups is 1. The largest absolute Gasteiger partial charge is 0.246 e. The maximum atomic E-state index is 14.0. The van der Waals surface area contributed by atoms with Crippen molar-refractivity contribution in [1.29, 1.82) is 0 Å². The summed E-state index contributed by atoms with van der Waals surface area (Å²) >= 11 is 5.66. The summed E-state index contributed by atoms with van der Waals surface area (Å²) in [6.45, 7) is 0. The molecule has 0 bridgehead atoms. The fraction of sp³-hybridized carbons (Fsp3) is 0.538. The minimum absolute atomic E-state index is 0.0283. The van der Waals surface area contributed by atoms with E-state index in [0.717, 1.165) is 12.1 Å². The van der Waals surface area contributed by atoms with Crippen molar-refractivity contribution in [2.24, 2.45) is 0 Å². The third-order valence-electron chi connectivity index (χ3n) is 3.92. The number of hydrogen-bond acceptors (Lipinski definition) is 4. The number of benzene rings is 1. The summed E-state index contributed by atoms with van der Waals surface area (Å²) < 4.78 is 64.1. The van der Waals surface area contributed by atoms with Crippen LogP contribution in [0.25, 0.3) is 0 Å². The molecule has 2 aliphatic rings. The zero-order chi connectivity index (χ0) is 16.1. The predicted octanol–water partition coefficient (Wildman–Crippen LogP) is 1.82. The molecule has 1 saturated heterocycles. The molecule has 2 fully saturated rings. The highest BCUT2D eigenvalue weighted by Crippen LogP contribution is 2.37. The maximum absolute atomic E-state index is 14.0. The van der Waals surface area contributed by atoms with Crippen LogP contribution in [0.2, 0.25) is 5.02 Å². The van der Waals surface area contributed by atoms with Gasteiger partial charge in [-0.1, -0.05) is 11.6 Å². The molecule has 1 aromatic carbocycles. The Kier molecular flexibility index (Phi) is 3.99. The maximum Gasteiger partial charge on any atom is 0.246 e. The van der Waals surface area contributed by atoms with Gasteiger partial charge in [0.15, 0.2) is 9.84 Å². The van der Waals surface area contributed by atoms with E-state index in [-0.39, 0.29) is 29.0 Å². The van der Waals surface area contributed by atoms with Crippen molar-refractivity contribution in [2.45, 2.75) is 36.2 Å². The fourth-order valence-corrected chi connectivity index (χ4v) is 6.71. The van der Waals surface area contributed by atoms with Crippen molar-refractivity contribution in [3.8, 4) is 0 Å². The third-order valence-corrected chi connectivity index (χ3v) is 7.95. The second-order valence-electron chi connectivity index (χ2n) is 5.70. The van der Waals surface area contributed by atoms with Crippen molar-refractivity contribution in [2.75, 3.05) is 11.5 Å². The van der Waals surface area contributed by atoms with Crippen molar-refractivity contribution >= 4 is 31.5 Å². The summed E-state index contributed by atoms with van der Waals surface area (Å²) in [6.07, 6.45) is 1.60. The van der Waals surface area contributed by atoms with Crippen LogP contribution in [0.4, 0.5) is 4.39 Å². The molecule has 1 aliphatic heterocycles. The van der Waals surface area contributed by atoms with Crippen LogP contribution < -0.4 is 0 Å². The zero-order valence-electron chi connectivity index (χ0n) is 11.6. The number of halogens is 2. The molecular formula is C13H15ClFNO4S2. The molecule has 0 aromatic heterocycles. The van der Waals surface area contributed by atoms with Crippen LogP contribution in [-0.4, -0.2) is 44.7 Å². The van der Waals surface area contributed by atoms with Crippen molar-refractivity contribution in [3.63, 3.8) is 0 Å². The molecule has 1 heterocycles. The summed E-state index contributed by atoms with van der Waals surface area (Å²) in [4.78, 5) is -0.451. The van der Waals surface area contributed by atoms with Gasteiger partial charge in [0.25, 0.3) is 0 Å². The summed E-state index contributed by atoms with van der Waals surface area (Å²) in [5.74, 6) is -1.14. The van der Waals surface area contributed by atoms with Gasteiger partial charge in [-0.3, -0.25) is 0 Å². The number of nitrogens with zero attached hydrogens (tertiary/aromatic N) is 1. The Balaban J connectivity index is 2.01. The first-order chi connectivity index (χ1) is 10.2. The van der Waals surface area contributed by atoms with Gasteiger partial charge in [0.05, 0.1) is 11.5 Å². The van der Waals surface area contributed by atoms with Gasteiger partial charge in [-0.15, -0.1) is 0 Å². The second kappa shape index (κ2) is 5.43. The van der Waals surface area contributed by atoms with E-state index in [2.05, 4.69) is 0 Å². The zero-order valence-corrected chi connectivity index (χ0v) is 14.0. The van der Waals surface area contributed by atoms with Gasteiger partial charge in [-0.2, -0.15) is 4.31 Å². The Labute approximate surface area is 134 Å². The molecule has 9 heteroatoms. The number of hydrogen-bond donors (Lipinski definition) is 0. The van der Waals surface area contributed by atoms with Gasteiger partial charge in [0.2, 0.25) is 10.0 Å². The fourth-order valence-electron chi connectivity index (χ4n) is 2.79. The Hall–Kier alpha value is -0.700. The molecule has 22 heavy (non-hydrogen) atoms. The average molecular weight is 368 g/mol. The highest BCUT2D eigenvalue weighted by molar-refractivity contribution is 7.92. The van der Waals surface area contributed by atoms with Crippen LogP contribution in [-0.2, 0) is 19.9 Å². The molecular weight excluding hydrogens is 353 g/mol. The van der Waals surface area contributed by atoms with Crippen molar-refractivity contribution in [3.05, 3.63) is 29.0 Å². The van der Waals surface area contributed by atoms with Crippen molar-refractivity contribution in [1.82, 2.24) is 4.31 Å². The Morgan fingerprint density at radius 3 is 2.36 bits per heavy atom. The lowest BCUT2D eigenvalue weighted by atomic mass is 10.2. The lowest BCUT2D eigenvalue weighted by Gasteiger charge is -2.27. The van der Waals surface area contributed by atoms with Gasteiger partial charge >= 0.3 is 0 Å². The van der Waals surface area contributed by atoms with E-state index >= 15 is 0 Å². The number of rotatable bonds is 4. The highest BCUT2D eigenvalue weighted by atomic mass is 35.5. The van der Waals surface area contributed by atoms with E-state index in [4.69, 9.17) is 11.6 Å². The first kappa shape index (κ1) is 16.2. The molecule has 0 spiro atoms. The smallest absolute Gasteiger partial charge is 0.229 e. The van der Waals surface area contributed by atoms with Crippen LogP contribution in [0.3, 0.4) is 0 Å².